The molecule has 1 rings (SSSR count). The van der Waals surface area contributed by atoms with Gasteiger partial charge in [0.25, 0.3) is 0 Å². The van der Waals surface area contributed by atoms with Crippen LogP contribution in [0.2, 0.25) is 0 Å². The van der Waals surface area contributed by atoms with Gasteiger partial charge in [-0.15, -0.1) is 11.3 Å². The predicted octanol–water partition coefficient (Wildman–Crippen LogP) is 4.06. The minimum Gasteiger partial charge on any atom is -0.310 e. The molecule has 1 N–H and O–H groups in total. The van der Waals surface area contributed by atoms with Crippen molar-refractivity contribution in [3.63, 3.8) is 0 Å². The van der Waals surface area contributed by atoms with Gasteiger partial charge in [0.05, 0.1) is 10.7 Å². The zero-order chi connectivity index (χ0) is 13.2. The van der Waals surface area contributed by atoms with Gasteiger partial charge < -0.3 is 5.32 Å². The zero-order valence-corrected chi connectivity index (χ0v) is 13.0. The third-order valence-corrected chi connectivity index (χ3v) is 3.94. The van der Waals surface area contributed by atoms with Gasteiger partial charge in [-0.1, -0.05) is 48.5 Å². The van der Waals surface area contributed by atoms with E-state index in [1.165, 1.54) is 15.6 Å². The second-order valence-electron chi connectivity index (χ2n) is 6.26. The minimum absolute atomic E-state index is 0.137. The van der Waals surface area contributed by atoms with Crippen LogP contribution in [0.4, 0.5) is 0 Å². The van der Waals surface area contributed by atoms with Gasteiger partial charge in [0, 0.05) is 28.8 Å². The van der Waals surface area contributed by atoms with E-state index >= 15 is 0 Å². The number of thiazole rings is 1. The first-order chi connectivity index (χ1) is 7.71. The van der Waals surface area contributed by atoms with Gasteiger partial charge in [-0.25, -0.2) is 4.98 Å². The average molecular weight is 254 g/mol. The number of nitrogens with zero attached hydrogens (tertiary/aromatic N) is 1. The van der Waals surface area contributed by atoms with E-state index < -0.39 is 0 Å². The highest BCUT2D eigenvalue weighted by atomic mass is 32.1. The van der Waals surface area contributed by atoms with Crippen molar-refractivity contribution in [2.24, 2.45) is 0 Å². The molecule has 0 aromatic carbocycles. The Labute approximate surface area is 110 Å². The van der Waals surface area contributed by atoms with Crippen LogP contribution in [0, 0.1) is 0 Å². The number of hydrogen-bond acceptors (Lipinski definition) is 3. The SMILES string of the molecule is CC(C)NCc1sc(C(C)C)nc1C(C)(C)C. The Bertz CT molecular complexity index is 359. The topological polar surface area (TPSA) is 24.9 Å². The molecule has 17 heavy (non-hydrogen) atoms. The van der Waals surface area contributed by atoms with Crippen LogP contribution in [0.1, 0.15) is 70.0 Å². The molecule has 1 aromatic rings. The Hall–Kier alpha value is -0.410. The van der Waals surface area contributed by atoms with Crippen molar-refractivity contribution in [2.75, 3.05) is 0 Å². The van der Waals surface area contributed by atoms with E-state index in [1.807, 2.05) is 11.3 Å². The van der Waals surface area contributed by atoms with Crippen molar-refractivity contribution in [1.82, 2.24) is 10.3 Å². The van der Waals surface area contributed by atoms with E-state index in [2.05, 4.69) is 53.8 Å². The maximum absolute atomic E-state index is 4.84. The fourth-order valence-corrected chi connectivity index (χ4v) is 2.85. The van der Waals surface area contributed by atoms with Crippen LogP contribution in [0.15, 0.2) is 0 Å². The van der Waals surface area contributed by atoms with E-state index in [0.29, 0.717) is 12.0 Å². The first kappa shape index (κ1) is 14.7. The van der Waals surface area contributed by atoms with Crippen LogP contribution >= 0.6 is 11.3 Å². The molecule has 0 saturated carbocycles. The van der Waals surface area contributed by atoms with E-state index in [1.54, 1.807) is 0 Å². The van der Waals surface area contributed by atoms with Gasteiger partial charge in [-0.3, -0.25) is 0 Å². The largest absolute Gasteiger partial charge is 0.310 e. The fraction of sp³-hybridized carbons (Fsp3) is 0.786. The predicted molar refractivity (Wildman–Crippen MR) is 76.9 cm³/mol. The molecule has 0 unspecified atom stereocenters. The van der Waals surface area contributed by atoms with Crippen molar-refractivity contribution in [3.8, 4) is 0 Å². The molecule has 2 nitrogen and oxygen atoms in total. The molecule has 0 saturated heterocycles. The van der Waals surface area contributed by atoms with Crippen LogP contribution in [0.5, 0.6) is 0 Å². The van der Waals surface area contributed by atoms with E-state index in [0.717, 1.165) is 6.54 Å². The standard InChI is InChI=1S/C14H26N2S/c1-9(2)13-16-12(14(5,6)7)11(17-13)8-15-10(3)4/h9-10,15H,8H2,1-7H3. The summed E-state index contributed by atoms with van der Waals surface area (Å²) in [6.07, 6.45) is 0. The molecule has 0 atom stereocenters. The Morgan fingerprint density at radius 3 is 2.18 bits per heavy atom. The van der Waals surface area contributed by atoms with Gasteiger partial charge >= 0.3 is 0 Å². The van der Waals surface area contributed by atoms with Gasteiger partial charge in [0.15, 0.2) is 0 Å². The summed E-state index contributed by atoms with van der Waals surface area (Å²) < 4.78 is 0. The summed E-state index contributed by atoms with van der Waals surface area (Å²) in [5.41, 5.74) is 1.40. The van der Waals surface area contributed by atoms with Gasteiger partial charge in [0.2, 0.25) is 0 Å². The monoisotopic (exact) mass is 254 g/mol. The maximum Gasteiger partial charge on any atom is 0.0957 e. The smallest absolute Gasteiger partial charge is 0.0957 e. The third kappa shape index (κ3) is 4.07. The Kier molecular flexibility index (Phi) is 4.73. The Balaban J connectivity index is 3.00. The van der Waals surface area contributed by atoms with Gasteiger partial charge in [-0.05, 0) is 0 Å². The summed E-state index contributed by atoms with van der Waals surface area (Å²) >= 11 is 1.86. The third-order valence-electron chi connectivity index (χ3n) is 2.59. The molecule has 0 fully saturated rings. The first-order valence-corrected chi connectivity index (χ1v) is 7.27. The van der Waals surface area contributed by atoms with Crippen LogP contribution < -0.4 is 5.32 Å². The van der Waals surface area contributed by atoms with Crippen molar-refractivity contribution < 1.29 is 0 Å². The molecule has 1 aromatic heterocycles. The summed E-state index contributed by atoms with van der Waals surface area (Å²) in [6, 6.07) is 0.521. The highest BCUT2D eigenvalue weighted by Crippen LogP contribution is 2.32. The van der Waals surface area contributed by atoms with Crippen LogP contribution in [-0.2, 0) is 12.0 Å². The lowest BCUT2D eigenvalue weighted by molar-refractivity contribution is 0.544. The summed E-state index contributed by atoms with van der Waals surface area (Å²) in [5, 5.41) is 4.76. The fourth-order valence-electron chi connectivity index (χ4n) is 1.62. The van der Waals surface area contributed by atoms with Gasteiger partial charge in [0.1, 0.15) is 0 Å². The lowest BCUT2D eigenvalue weighted by atomic mass is 9.91. The number of nitrogens with one attached hydrogen (secondary N) is 1. The Morgan fingerprint density at radius 1 is 1.18 bits per heavy atom. The van der Waals surface area contributed by atoms with Crippen LogP contribution in [-0.4, -0.2) is 11.0 Å². The van der Waals surface area contributed by atoms with Crippen LogP contribution in [0.25, 0.3) is 0 Å². The molecule has 0 aliphatic heterocycles. The molecule has 0 aliphatic rings. The summed E-state index contributed by atoms with van der Waals surface area (Å²) in [4.78, 5) is 6.24. The van der Waals surface area contributed by atoms with Crippen molar-refractivity contribution in [3.05, 3.63) is 15.6 Å². The molecule has 0 amide bonds. The van der Waals surface area contributed by atoms with Crippen molar-refractivity contribution in [2.45, 2.75) is 72.4 Å². The van der Waals surface area contributed by atoms with Gasteiger partial charge in [-0.2, -0.15) is 0 Å². The second-order valence-corrected chi connectivity index (χ2v) is 7.38. The molecule has 0 aliphatic carbocycles. The van der Waals surface area contributed by atoms with E-state index in [-0.39, 0.29) is 5.41 Å². The van der Waals surface area contributed by atoms with Crippen molar-refractivity contribution >= 4 is 11.3 Å². The normalized spacial score (nSPS) is 12.8. The minimum atomic E-state index is 0.137. The molecule has 0 radical (unpaired) electrons. The van der Waals surface area contributed by atoms with E-state index in [9.17, 15) is 0 Å². The summed E-state index contributed by atoms with van der Waals surface area (Å²) in [5.74, 6) is 0.522. The molecule has 98 valence electrons. The second kappa shape index (κ2) is 5.49. The molecule has 0 bridgehead atoms. The first-order valence-electron chi connectivity index (χ1n) is 6.45. The molecular formula is C14H26N2S. The van der Waals surface area contributed by atoms with E-state index in [4.69, 9.17) is 4.98 Å². The summed E-state index contributed by atoms with van der Waals surface area (Å²) in [7, 11) is 0. The molecule has 1 heterocycles. The molecular weight excluding hydrogens is 228 g/mol. The number of hydrogen-bond donors (Lipinski definition) is 1. The highest BCUT2D eigenvalue weighted by molar-refractivity contribution is 7.11. The molecule has 3 heteroatoms. The summed E-state index contributed by atoms with van der Waals surface area (Å²) in [6.45, 7) is 16.5. The molecule has 0 spiro atoms. The lowest BCUT2D eigenvalue weighted by Crippen LogP contribution is -2.23. The zero-order valence-electron chi connectivity index (χ0n) is 12.2. The Morgan fingerprint density at radius 2 is 1.76 bits per heavy atom. The average Bonchev–Trinajstić information content (AvgIpc) is 2.57. The van der Waals surface area contributed by atoms with Crippen LogP contribution in [0.3, 0.4) is 0 Å². The van der Waals surface area contributed by atoms with Crippen molar-refractivity contribution in [1.29, 1.82) is 0 Å². The quantitative estimate of drug-likeness (QED) is 0.876. The number of aromatic nitrogens is 1. The highest BCUT2D eigenvalue weighted by Gasteiger charge is 2.23. The number of rotatable bonds is 4. The maximum atomic E-state index is 4.84. The lowest BCUT2D eigenvalue weighted by Gasteiger charge is -2.18.